The van der Waals surface area contributed by atoms with Crippen LogP contribution in [0.3, 0.4) is 0 Å². The quantitative estimate of drug-likeness (QED) is 0.712. The molecule has 0 radical (unpaired) electrons. The van der Waals surface area contributed by atoms with Gasteiger partial charge >= 0.3 is 5.97 Å². The molecule has 14 heavy (non-hydrogen) atoms. The molecular weight excluding hydrogens is 186 g/mol. The van der Waals surface area contributed by atoms with E-state index in [1.807, 2.05) is 11.8 Å². The first-order valence-electron chi connectivity index (χ1n) is 4.41. The number of carboxylic acid groups (broad SMARTS) is 1. The molecule has 1 rings (SSSR count). The van der Waals surface area contributed by atoms with Gasteiger partial charge < -0.3 is 9.63 Å². The lowest BCUT2D eigenvalue weighted by molar-refractivity contribution is -0.137. The first kappa shape index (κ1) is 10.6. The van der Waals surface area contributed by atoms with Gasteiger partial charge in [-0.2, -0.15) is 4.98 Å². The van der Waals surface area contributed by atoms with E-state index in [2.05, 4.69) is 14.7 Å². The Morgan fingerprint density at radius 2 is 2.50 bits per heavy atom. The summed E-state index contributed by atoms with van der Waals surface area (Å²) < 4.78 is 4.58. The van der Waals surface area contributed by atoms with Gasteiger partial charge in [-0.3, -0.25) is 9.69 Å². The summed E-state index contributed by atoms with van der Waals surface area (Å²) in [6.45, 7) is 3.75. The molecule has 1 aromatic rings. The van der Waals surface area contributed by atoms with Gasteiger partial charge in [-0.25, -0.2) is 0 Å². The van der Waals surface area contributed by atoms with Crippen molar-refractivity contribution in [1.29, 1.82) is 0 Å². The molecule has 6 nitrogen and oxygen atoms in total. The van der Waals surface area contributed by atoms with Crippen LogP contribution in [0.15, 0.2) is 10.9 Å². The third-order valence-corrected chi connectivity index (χ3v) is 1.86. The van der Waals surface area contributed by atoms with Crippen molar-refractivity contribution in [2.45, 2.75) is 19.9 Å². The monoisotopic (exact) mass is 199 g/mol. The van der Waals surface area contributed by atoms with Crippen LogP contribution in [0.2, 0.25) is 0 Å². The van der Waals surface area contributed by atoms with Crippen LogP contribution in [0.5, 0.6) is 0 Å². The zero-order valence-electron chi connectivity index (χ0n) is 8.01. The highest BCUT2D eigenvalue weighted by Crippen LogP contribution is 1.99. The Kier molecular flexibility index (Phi) is 4.06. The third-order valence-electron chi connectivity index (χ3n) is 1.86. The molecule has 78 valence electrons. The number of nitrogens with zero attached hydrogens (tertiary/aromatic N) is 3. The first-order chi connectivity index (χ1) is 6.72. The van der Waals surface area contributed by atoms with Gasteiger partial charge in [0.05, 0.1) is 13.0 Å². The molecule has 1 aromatic heterocycles. The zero-order chi connectivity index (χ0) is 10.4. The third kappa shape index (κ3) is 3.53. The van der Waals surface area contributed by atoms with Gasteiger partial charge in [-0.1, -0.05) is 12.1 Å². The molecule has 1 heterocycles. The van der Waals surface area contributed by atoms with E-state index in [1.165, 1.54) is 6.39 Å². The molecule has 0 spiro atoms. The second-order valence-electron chi connectivity index (χ2n) is 2.86. The molecule has 0 aliphatic heterocycles. The average Bonchev–Trinajstić information content (AvgIpc) is 2.64. The summed E-state index contributed by atoms with van der Waals surface area (Å²) in [6, 6.07) is 0. The normalized spacial score (nSPS) is 10.7. The SMILES string of the molecule is CCN(CCC(=O)O)Cc1ncon1. The number of hydrogen-bond donors (Lipinski definition) is 1. The van der Waals surface area contributed by atoms with Gasteiger partial charge in [0, 0.05) is 6.54 Å². The minimum Gasteiger partial charge on any atom is -0.481 e. The maximum atomic E-state index is 10.3. The molecule has 0 bridgehead atoms. The minimum atomic E-state index is -0.795. The summed E-state index contributed by atoms with van der Waals surface area (Å²) >= 11 is 0. The fraction of sp³-hybridized carbons (Fsp3) is 0.625. The van der Waals surface area contributed by atoms with Crippen LogP contribution >= 0.6 is 0 Å². The van der Waals surface area contributed by atoms with Gasteiger partial charge in [0.15, 0.2) is 5.82 Å². The van der Waals surface area contributed by atoms with Crippen molar-refractivity contribution in [3.8, 4) is 0 Å². The maximum absolute atomic E-state index is 10.3. The largest absolute Gasteiger partial charge is 0.481 e. The Balaban J connectivity index is 2.35. The van der Waals surface area contributed by atoms with Gasteiger partial charge in [-0.15, -0.1) is 0 Å². The molecule has 1 N–H and O–H groups in total. The number of carboxylic acids is 1. The second-order valence-corrected chi connectivity index (χ2v) is 2.86. The Hall–Kier alpha value is -1.43. The van der Waals surface area contributed by atoms with Crippen LogP contribution in [0, 0.1) is 0 Å². The Bertz CT molecular complexity index is 273. The highest BCUT2D eigenvalue weighted by molar-refractivity contribution is 5.66. The maximum Gasteiger partial charge on any atom is 0.304 e. The van der Waals surface area contributed by atoms with Gasteiger partial charge in [-0.05, 0) is 6.54 Å². The number of aliphatic carboxylic acids is 1. The van der Waals surface area contributed by atoms with Crippen molar-refractivity contribution in [2.24, 2.45) is 0 Å². The van der Waals surface area contributed by atoms with Crippen molar-refractivity contribution in [2.75, 3.05) is 13.1 Å². The van der Waals surface area contributed by atoms with Gasteiger partial charge in [0.1, 0.15) is 0 Å². The van der Waals surface area contributed by atoms with E-state index in [-0.39, 0.29) is 6.42 Å². The molecular formula is C8H13N3O3. The number of hydrogen-bond acceptors (Lipinski definition) is 5. The standard InChI is InChI=1S/C8H13N3O3/c1-2-11(4-3-8(12)13)5-7-9-6-14-10-7/h6H,2-5H2,1H3,(H,12,13). The van der Waals surface area contributed by atoms with Crippen molar-refractivity contribution < 1.29 is 14.4 Å². The highest BCUT2D eigenvalue weighted by Gasteiger charge is 2.08. The topological polar surface area (TPSA) is 79.5 Å². The molecule has 0 aliphatic carbocycles. The van der Waals surface area contributed by atoms with Crippen LogP contribution in [0.25, 0.3) is 0 Å². The Morgan fingerprint density at radius 3 is 3.00 bits per heavy atom. The van der Waals surface area contributed by atoms with Crippen LogP contribution < -0.4 is 0 Å². The van der Waals surface area contributed by atoms with Crippen LogP contribution in [0.4, 0.5) is 0 Å². The second kappa shape index (κ2) is 5.33. The van der Waals surface area contributed by atoms with Crippen LogP contribution in [-0.2, 0) is 11.3 Å². The lowest BCUT2D eigenvalue weighted by Crippen LogP contribution is -2.26. The van der Waals surface area contributed by atoms with E-state index in [9.17, 15) is 4.79 Å². The Labute approximate surface area is 81.5 Å². The molecule has 0 atom stereocenters. The molecule has 0 saturated carbocycles. The molecule has 6 heteroatoms. The number of rotatable bonds is 6. The average molecular weight is 199 g/mol. The zero-order valence-corrected chi connectivity index (χ0v) is 8.01. The fourth-order valence-corrected chi connectivity index (χ4v) is 1.06. The molecule has 0 aliphatic rings. The van der Waals surface area contributed by atoms with E-state index in [1.54, 1.807) is 0 Å². The smallest absolute Gasteiger partial charge is 0.304 e. The van der Waals surface area contributed by atoms with Crippen molar-refractivity contribution in [1.82, 2.24) is 15.0 Å². The van der Waals surface area contributed by atoms with Gasteiger partial charge in [0.2, 0.25) is 6.39 Å². The highest BCUT2D eigenvalue weighted by atomic mass is 16.5. The van der Waals surface area contributed by atoms with E-state index >= 15 is 0 Å². The van der Waals surface area contributed by atoms with Crippen molar-refractivity contribution in [3.05, 3.63) is 12.2 Å². The van der Waals surface area contributed by atoms with Crippen LogP contribution in [0.1, 0.15) is 19.2 Å². The fourth-order valence-electron chi connectivity index (χ4n) is 1.06. The Morgan fingerprint density at radius 1 is 1.71 bits per heavy atom. The molecule has 0 fully saturated rings. The summed E-state index contributed by atoms with van der Waals surface area (Å²) in [5.41, 5.74) is 0. The molecule has 0 saturated heterocycles. The predicted molar refractivity (Wildman–Crippen MR) is 47.5 cm³/mol. The van der Waals surface area contributed by atoms with Crippen molar-refractivity contribution in [3.63, 3.8) is 0 Å². The summed E-state index contributed by atoms with van der Waals surface area (Å²) in [6.07, 6.45) is 1.39. The minimum absolute atomic E-state index is 0.131. The summed E-state index contributed by atoms with van der Waals surface area (Å²) in [5.74, 6) is -0.214. The van der Waals surface area contributed by atoms with E-state index in [0.29, 0.717) is 18.9 Å². The van der Waals surface area contributed by atoms with E-state index in [0.717, 1.165) is 6.54 Å². The predicted octanol–water partition coefficient (Wildman–Crippen LogP) is 0.366. The summed E-state index contributed by atoms with van der Waals surface area (Å²) in [4.78, 5) is 16.2. The first-order valence-corrected chi connectivity index (χ1v) is 4.41. The number of aromatic nitrogens is 2. The lowest BCUT2D eigenvalue weighted by Gasteiger charge is -2.16. The van der Waals surface area contributed by atoms with Gasteiger partial charge in [0.25, 0.3) is 0 Å². The molecule has 0 unspecified atom stereocenters. The summed E-state index contributed by atoms with van der Waals surface area (Å²) in [5, 5.41) is 12.2. The van der Waals surface area contributed by atoms with Crippen molar-refractivity contribution >= 4 is 5.97 Å². The summed E-state index contributed by atoms with van der Waals surface area (Å²) in [7, 11) is 0. The van der Waals surface area contributed by atoms with E-state index < -0.39 is 5.97 Å². The van der Waals surface area contributed by atoms with E-state index in [4.69, 9.17) is 5.11 Å². The van der Waals surface area contributed by atoms with Crippen LogP contribution in [-0.4, -0.2) is 39.2 Å². The molecule has 0 aromatic carbocycles. The molecule has 0 amide bonds. The number of carbonyl (C=O) groups is 1. The lowest BCUT2D eigenvalue weighted by atomic mass is 10.3.